The van der Waals surface area contributed by atoms with Crippen molar-refractivity contribution in [2.24, 2.45) is 0 Å². The largest absolute Gasteiger partial charge is 0.336 e. The summed E-state index contributed by atoms with van der Waals surface area (Å²) in [4.78, 5) is 30.5. The monoisotopic (exact) mass is 405 g/mol. The molecule has 0 saturated carbocycles. The number of rotatable bonds is 3. The molecule has 31 heavy (non-hydrogen) atoms. The summed E-state index contributed by atoms with van der Waals surface area (Å²) in [7, 11) is 0. The molecule has 0 fully saturated rings. The normalized spacial score (nSPS) is 15.8. The molecule has 2 aliphatic rings. The van der Waals surface area contributed by atoms with Crippen LogP contribution in [0.1, 0.15) is 23.1 Å². The lowest BCUT2D eigenvalue weighted by Gasteiger charge is -2.32. The number of hydrogen-bond donors (Lipinski definition) is 0. The second kappa shape index (κ2) is 7.58. The van der Waals surface area contributed by atoms with Crippen LogP contribution in [0.5, 0.6) is 0 Å². The first-order valence-corrected chi connectivity index (χ1v) is 10.2. The lowest BCUT2D eigenvalue weighted by molar-refractivity contribution is -0.120. The number of imide groups is 1. The number of para-hydroxylation sites is 1. The van der Waals surface area contributed by atoms with Crippen molar-refractivity contribution in [3.8, 4) is 6.07 Å². The van der Waals surface area contributed by atoms with E-state index in [0.717, 1.165) is 24.1 Å². The average molecular weight is 405 g/mol. The Kier molecular flexibility index (Phi) is 4.61. The lowest BCUT2D eigenvalue weighted by atomic mass is 9.98. The van der Waals surface area contributed by atoms with E-state index < -0.39 is 0 Å². The number of hydrogen-bond acceptors (Lipinski definition) is 4. The van der Waals surface area contributed by atoms with Gasteiger partial charge in [-0.3, -0.25) is 9.59 Å². The van der Waals surface area contributed by atoms with Gasteiger partial charge >= 0.3 is 0 Å². The van der Waals surface area contributed by atoms with E-state index in [4.69, 9.17) is 5.26 Å². The Morgan fingerprint density at radius 1 is 0.806 bits per heavy atom. The Hall–Kier alpha value is -4.17. The van der Waals surface area contributed by atoms with Crippen molar-refractivity contribution in [3.05, 3.63) is 101 Å². The molecule has 0 atom stereocenters. The second-order valence-electron chi connectivity index (χ2n) is 7.58. The molecule has 2 heterocycles. The molecule has 5 nitrogen and oxygen atoms in total. The molecule has 0 saturated heterocycles. The molecule has 0 unspecified atom stereocenters. The zero-order valence-corrected chi connectivity index (χ0v) is 16.8. The van der Waals surface area contributed by atoms with Crippen molar-refractivity contribution in [3.63, 3.8) is 0 Å². The van der Waals surface area contributed by atoms with Crippen molar-refractivity contribution in [2.45, 2.75) is 12.8 Å². The molecule has 0 N–H and O–H groups in total. The standard InChI is InChI=1S/C26H19N3O2/c27-17-18-12-14-21(15-13-18)29-25(30)23(20-8-2-1-3-9-20)24(26(29)31)28-16-6-10-19-7-4-5-11-22(19)28/h1-5,7-9,11-15H,6,10,16H2. The molecule has 3 aromatic rings. The maximum Gasteiger partial charge on any atom is 0.282 e. The first kappa shape index (κ1) is 18.8. The highest BCUT2D eigenvalue weighted by molar-refractivity contribution is 6.46. The van der Waals surface area contributed by atoms with Crippen LogP contribution in [-0.2, 0) is 16.0 Å². The predicted molar refractivity (Wildman–Crippen MR) is 119 cm³/mol. The molecule has 2 aliphatic heterocycles. The fourth-order valence-corrected chi connectivity index (χ4v) is 4.32. The van der Waals surface area contributed by atoms with Crippen molar-refractivity contribution < 1.29 is 9.59 Å². The molecule has 0 aromatic heterocycles. The fourth-order valence-electron chi connectivity index (χ4n) is 4.32. The van der Waals surface area contributed by atoms with Crippen LogP contribution in [0.2, 0.25) is 0 Å². The molecule has 0 bridgehead atoms. The zero-order valence-electron chi connectivity index (χ0n) is 16.8. The molecule has 5 heteroatoms. The van der Waals surface area contributed by atoms with Gasteiger partial charge in [-0.25, -0.2) is 4.90 Å². The van der Waals surface area contributed by atoms with Gasteiger partial charge in [0.25, 0.3) is 11.8 Å². The Bertz CT molecular complexity index is 1250. The van der Waals surface area contributed by atoms with Gasteiger partial charge in [-0.05, 0) is 54.3 Å². The van der Waals surface area contributed by atoms with Gasteiger partial charge in [-0.1, -0.05) is 48.5 Å². The van der Waals surface area contributed by atoms with Crippen LogP contribution in [0, 0.1) is 11.3 Å². The molecular formula is C26H19N3O2. The molecule has 3 aromatic carbocycles. The topological polar surface area (TPSA) is 64.4 Å². The number of amides is 2. The van der Waals surface area contributed by atoms with E-state index in [1.54, 1.807) is 24.3 Å². The highest BCUT2D eigenvalue weighted by Gasteiger charge is 2.43. The number of benzene rings is 3. The quantitative estimate of drug-likeness (QED) is 0.610. The van der Waals surface area contributed by atoms with E-state index >= 15 is 0 Å². The average Bonchev–Trinajstić information content (AvgIpc) is 3.09. The van der Waals surface area contributed by atoms with Crippen molar-refractivity contribution in [2.75, 3.05) is 16.3 Å². The van der Waals surface area contributed by atoms with Crippen LogP contribution in [-0.4, -0.2) is 18.4 Å². The Labute approximate surface area is 180 Å². The summed E-state index contributed by atoms with van der Waals surface area (Å²) in [6, 6.07) is 26.0. The molecule has 150 valence electrons. The second-order valence-corrected chi connectivity index (χ2v) is 7.58. The van der Waals surface area contributed by atoms with Gasteiger partial charge in [0.15, 0.2) is 0 Å². The Balaban J connectivity index is 1.67. The van der Waals surface area contributed by atoms with Crippen LogP contribution in [0.3, 0.4) is 0 Å². The Morgan fingerprint density at radius 3 is 2.26 bits per heavy atom. The number of fused-ring (bicyclic) bond motifs is 1. The van der Waals surface area contributed by atoms with Gasteiger partial charge in [-0.2, -0.15) is 5.26 Å². The van der Waals surface area contributed by atoms with Crippen molar-refractivity contribution >= 4 is 28.8 Å². The van der Waals surface area contributed by atoms with E-state index in [0.29, 0.717) is 29.1 Å². The smallest absolute Gasteiger partial charge is 0.282 e. The summed E-state index contributed by atoms with van der Waals surface area (Å²) in [5.74, 6) is -0.691. The third-order valence-electron chi connectivity index (χ3n) is 5.76. The van der Waals surface area contributed by atoms with E-state index in [-0.39, 0.29) is 11.8 Å². The van der Waals surface area contributed by atoms with Crippen LogP contribution in [0.25, 0.3) is 5.57 Å². The number of aryl methyl sites for hydroxylation is 1. The van der Waals surface area contributed by atoms with Crippen LogP contribution in [0.4, 0.5) is 11.4 Å². The van der Waals surface area contributed by atoms with Gasteiger partial charge in [0.2, 0.25) is 0 Å². The van der Waals surface area contributed by atoms with Crippen LogP contribution in [0.15, 0.2) is 84.6 Å². The molecule has 0 spiro atoms. The van der Waals surface area contributed by atoms with Gasteiger partial charge in [0.05, 0.1) is 22.9 Å². The van der Waals surface area contributed by atoms with Gasteiger partial charge in [-0.15, -0.1) is 0 Å². The van der Waals surface area contributed by atoms with Gasteiger partial charge in [0, 0.05) is 12.2 Å². The third kappa shape index (κ3) is 3.10. The van der Waals surface area contributed by atoms with Gasteiger partial charge < -0.3 is 4.90 Å². The first-order valence-electron chi connectivity index (χ1n) is 10.2. The van der Waals surface area contributed by atoms with Crippen molar-refractivity contribution in [1.82, 2.24) is 0 Å². The number of carbonyl (C=O) groups is 2. The summed E-state index contributed by atoms with van der Waals surface area (Å²) >= 11 is 0. The SMILES string of the molecule is N#Cc1ccc(N2C(=O)C(c3ccccc3)=C(N3CCCc4ccccc43)C2=O)cc1. The van der Waals surface area contributed by atoms with Gasteiger partial charge in [0.1, 0.15) is 5.70 Å². The minimum atomic E-state index is -0.348. The highest BCUT2D eigenvalue weighted by Crippen LogP contribution is 2.39. The molecule has 0 radical (unpaired) electrons. The van der Waals surface area contributed by atoms with Crippen molar-refractivity contribution in [1.29, 1.82) is 5.26 Å². The molecular weight excluding hydrogens is 386 g/mol. The first-order chi connectivity index (χ1) is 15.2. The van der Waals surface area contributed by atoms with Crippen LogP contribution < -0.4 is 9.80 Å². The zero-order chi connectivity index (χ0) is 21.4. The number of anilines is 2. The maximum atomic E-state index is 13.7. The number of carbonyl (C=O) groups excluding carboxylic acids is 2. The summed E-state index contributed by atoms with van der Waals surface area (Å²) in [5, 5.41) is 9.08. The highest BCUT2D eigenvalue weighted by atomic mass is 16.2. The molecule has 2 amide bonds. The lowest BCUT2D eigenvalue weighted by Crippen LogP contribution is -2.37. The summed E-state index contributed by atoms with van der Waals surface area (Å²) in [6.07, 6.45) is 1.85. The number of nitrogens with zero attached hydrogens (tertiary/aromatic N) is 3. The van der Waals surface area contributed by atoms with E-state index in [2.05, 4.69) is 12.1 Å². The predicted octanol–water partition coefficient (Wildman–Crippen LogP) is 4.30. The third-order valence-corrected chi connectivity index (χ3v) is 5.76. The molecule has 5 rings (SSSR count). The molecule has 0 aliphatic carbocycles. The summed E-state index contributed by atoms with van der Waals surface area (Å²) in [5.41, 5.74) is 4.62. The summed E-state index contributed by atoms with van der Waals surface area (Å²) in [6.45, 7) is 0.670. The van der Waals surface area contributed by atoms with E-state index in [9.17, 15) is 9.59 Å². The maximum absolute atomic E-state index is 13.7. The fraction of sp³-hybridized carbons (Fsp3) is 0.115. The minimum absolute atomic E-state index is 0.342. The van der Waals surface area contributed by atoms with E-state index in [1.807, 2.05) is 53.4 Å². The minimum Gasteiger partial charge on any atom is -0.336 e. The van der Waals surface area contributed by atoms with E-state index in [1.165, 1.54) is 10.5 Å². The number of nitriles is 1. The Morgan fingerprint density at radius 2 is 1.52 bits per heavy atom. The van der Waals surface area contributed by atoms with Crippen LogP contribution >= 0.6 is 0 Å². The summed E-state index contributed by atoms with van der Waals surface area (Å²) < 4.78 is 0.